The molecule has 1 aromatic carbocycles. The van der Waals surface area contributed by atoms with Gasteiger partial charge in [-0.15, -0.1) is 0 Å². The highest BCUT2D eigenvalue weighted by atomic mass is 16.7. The first-order valence-electron chi connectivity index (χ1n) is 8.54. The van der Waals surface area contributed by atoms with E-state index in [1.807, 2.05) is 47.6 Å². The first kappa shape index (κ1) is 19.5. The molecular weight excluding hydrogens is 317 g/mol. The number of amides is 1. The largest absolute Gasteiger partial charge is 0.508 e. The Balaban J connectivity index is 2.42. The Morgan fingerprint density at radius 2 is 1.64 bits per heavy atom. The first-order chi connectivity index (χ1) is 11.4. The molecule has 2 rings (SSSR count). The fraction of sp³-hybridized carbons (Fsp3) is 0.526. The van der Waals surface area contributed by atoms with Crippen LogP contribution < -0.4 is 5.32 Å². The van der Waals surface area contributed by atoms with Crippen LogP contribution in [0.4, 0.5) is 0 Å². The quantitative estimate of drug-likeness (QED) is 0.823. The van der Waals surface area contributed by atoms with E-state index in [0.717, 1.165) is 22.2 Å². The van der Waals surface area contributed by atoms with Gasteiger partial charge in [-0.2, -0.15) is 0 Å². The Bertz CT molecular complexity index is 670. The summed E-state index contributed by atoms with van der Waals surface area (Å²) in [6.07, 6.45) is 1.99. The third-order valence-corrected chi connectivity index (χ3v) is 5.01. The van der Waals surface area contributed by atoms with Crippen LogP contribution in [-0.2, 0) is 14.1 Å². The minimum absolute atomic E-state index is 0.110. The van der Waals surface area contributed by atoms with Crippen LogP contribution in [0, 0.1) is 13.8 Å². The van der Waals surface area contributed by atoms with Crippen LogP contribution in [0.1, 0.15) is 51.3 Å². The topological polar surface area (TPSA) is 67.8 Å². The number of carbonyl (C=O) groups is 1. The molecule has 0 aliphatic carbocycles. The van der Waals surface area contributed by atoms with Gasteiger partial charge in [0.15, 0.2) is 0 Å². The SMILES string of the molecule is CC(=O)NCC(=Cc1c(C)cc(O)cc1C)B1OC(C)(C)C(C)(C)O1. The molecule has 1 aliphatic heterocycles. The molecule has 0 aromatic heterocycles. The molecule has 0 unspecified atom stereocenters. The molecule has 25 heavy (non-hydrogen) atoms. The van der Waals surface area contributed by atoms with Gasteiger partial charge in [0.2, 0.25) is 5.91 Å². The molecule has 6 heteroatoms. The smallest absolute Gasteiger partial charge is 0.492 e. The van der Waals surface area contributed by atoms with Crippen molar-refractivity contribution in [2.75, 3.05) is 6.54 Å². The van der Waals surface area contributed by atoms with Gasteiger partial charge in [-0.25, -0.2) is 0 Å². The Labute approximate surface area is 150 Å². The third-order valence-electron chi connectivity index (χ3n) is 5.01. The average Bonchev–Trinajstić information content (AvgIpc) is 2.65. The summed E-state index contributed by atoms with van der Waals surface area (Å²) in [7, 11) is -0.538. The minimum Gasteiger partial charge on any atom is -0.508 e. The number of aromatic hydroxyl groups is 1. The number of phenolic OH excluding ortho intramolecular Hbond substituents is 1. The lowest BCUT2D eigenvalue weighted by Crippen LogP contribution is -2.41. The van der Waals surface area contributed by atoms with Crippen molar-refractivity contribution in [1.29, 1.82) is 0 Å². The van der Waals surface area contributed by atoms with Crippen molar-refractivity contribution in [3.63, 3.8) is 0 Å². The van der Waals surface area contributed by atoms with Crippen molar-refractivity contribution < 1.29 is 19.2 Å². The van der Waals surface area contributed by atoms with Gasteiger partial charge in [-0.05, 0) is 75.8 Å². The van der Waals surface area contributed by atoms with Crippen LogP contribution in [0.25, 0.3) is 6.08 Å². The highest BCUT2D eigenvalue weighted by Crippen LogP contribution is 2.39. The van der Waals surface area contributed by atoms with Gasteiger partial charge >= 0.3 is 7.12 Å². The van der Waals surface area contributed by atoms with Gasteiger partial charge in [-0.3, -0.25) is 4.79 Å². The molecule has 0 bridgehead atoms. The summed E-state index contributed by atoms with van der Waals surface area (Å²) in [5, 5.41) is 12.6. The van der Waals surface area contributed by atoms with E-state index in [1.165, 1.54) is 6.92 Å². The number of hydrogen-bond donors (Lipinski definition) is 2. The van der Waals surface area contributed by atoms with Crippen molar-refractivity contribution in [2.24, 2.45) is 0 Å². The maximum atomic E-state index is 11.4. The fourth-order valence-corrected chi connectivity index (χ4v) is 2.79. The molecule has 0 radical (unpaired) electrons. The van der Waals surface area contributed by atoms with Gasteiger partial charge < -0.3 is 19.7 Å². The lowest BCUT2D eigenvalue weighted by molar-refractivity contribution is -0.118. The van der Waals surface area contributed by atoms with Crippen LogP contribution in [0.5, 0.6) is 5.75 Å². The monoisotopic (exact) mass is 345 g/mol. The zero-order chi connectivity index (χ0) is 19.0. The summed E-state index contributed by atoms with van der Waals surface area (Å²) >= 11 is 0. The standard InChI is InChI=1S/C19H28BNO4/c1-12-8-16(23)9-13(2)17(12)10-15(11-21-14(3)22)20-24-18(4,5)19(6,7)25-20/h8-10,23H,11H2,1-7H3,(H,21,22). The molecule has 1 aliphatic rings. The summed E-state index contributed by atoms with van der Waals surface area (Å²) in [4.78, 5) is 11.4. The normalized spacial score (nSPS) is 19.2. The first-order valence-corrected chi connectivity index (χ1v) is 8.54. The molecule has 1 amide bonds. The Morgan fingerprint density at radius 3 is 2.08 bits per heavy atom. The molecule has 0 saturated carbocycles. The van der Waals surface area contributed by atoms with Gasteiger partial charge in [0, 0.05) is 13.5 Å². The Hall–Kier alpha value is -1.79. The molecule has 0 spiro atoms. The summed E-state index contributed by atoms with van der Waals surface area (Å²) in [6.45, 7) is 13.7. The van der Waals surface area contributed by atoms with Gasteiger partial charge in [-0.1, -0.05) is 6.08 Å². The van der Waals surface area contributed by atoms with Crippen molar-refractivity contribution in [1.82, 2.24) is 5.32 Å². The van der Waals surface area contributed by atoms with E-state index in [2.05, 4.69) is 5.32 Å². The van der Waals surface area contributed by atoms with Gasteiger partial charge in [0.1, 0.15) is 5.75 Å². The lowest BCUT2D eigenvalue weighted by Gasteiger charge is -2.32. The third kappa shape index (κ3) is 4.25. The van der Waals surface area contributed by atoms with E-state index >= 15 is 0 Å². The summed E-state index contributed by atoms with van der Waals surface area (Å²) in [5.74, 6) is 0.132. The van der Waals surface area contributed by atoms with Crippen LogP contribution in [-0.4, -0.2) is 35.9 Å². The number of rotatable bonds is 4. The number of aryl methyl sites for hydroxylation is 2. The highest BCUT2D eigenvalue weighted by Gasteiger charge is 2.52. The van der Waals surface area contributed by atoms with E-state index in [4.69, 9.17) is 9.31 Å². The van der Waals surface area contributed by atoms with Crippen LogP contribution in [0.15, 0.2) is 17.6 Å². The number of hydrogen-bond acceptors (Lipinski definition) is 4. The summed E-state index contributed by atoms with van der Waals surface area (Å²) in [5.41, 5.74) is 2.83. The van der Waals surface area contributed by atoms with Crippen LogP contribution >= 0.6 is 0 Å². The second-order valence-corrected chi connectivity index (χ2v) is 7.71. The maximum absolute atomic E-state index is 11.4. The predicted octanol–water partition coefficient (Wildman–Crippen LogP) is 3.16. The Morgan fingerprint density at radius 1 is 1.16 bits per heavy atom. The molecule has 136 valence electrons. The summed E-state index contributed by atoms with van der Waals surface area (Å²) in [6, 6.07) is 3.44. The molecule has 1 heterocycles. The second-order valence-electron chi connectivity index (χ2n) is 7.71. The van der Waals surface area contributed by atoms with Crippen molar-refractivity contribution in [3.8, 4) is 5.75 Å². The molecule has 1 aromatic rings. The number of carbonyl (C=O) groups excluding carboxylic acids is 1. The average molecular weight is 345 g/mol. The van der Waals surface area contributed by atoms with Gasteiger partial charge in [0.25, 0.3) is 0 Å². The molecule has 5 nitrogen and oxygen atoms in total. The zero-order valence-electron chi connectivity index (χ0n) is 16.2. The van der Waals surface area contributed by atoms with Gasteiger partial charge in [0.05, 0.1) is 11.2 Å². The number of nitrogens with one attached hydrogen (secondary N) is 1. The van der Waals surface area contributed by atoms with Crippen molar-refractivity contribution in [3.05, 3.63) is 34.3 Å². The van der Waals surface area contributed by atoms with Crippen molar-refractivity contribution in [2.45, 2.75) is 59.7 Å². The number of benzene rings is 1. The molecule has 1 fully saturated rings. The van der Waals surface area contributed by atoms with Crippen LogP contribution in [0.2, 0.25) is 0 Å². The van der Waals surface area contributed by atoms with E-state index in [1.54, 1.807) is 12.1 Å². The fourth-order valence-electron chi connectivity index (χ4n) is 2.79. The predicted molar refractivity (Wildman–Crippen MR) is 100 cm³/mol. The molecule has 2 N–H and O–H groups in total. The van der Waals surface area contributed by atoms with E-state index < -0.39 is 18.3 Å². The molecule has 1 saturated heterocycles. The molecule has 0 atom stereocenters. The summed E-state index contributed by atoms with van der Waals surface area (Å²) < 4.78 is 12.3. The van der Waals surface area contributed by atoms with Crippen molar-refractivity contribution >= 4 is 19.1 Å². The number of phenols is 1. The van der Waals surface area contributed by atoms with Crippen LogP contribution in [0.3, 0.4) is 0 Å². The van der Waals surface area contributed by atoms with E-state index in [0.29, 0.717) is 6.54 Å². The van der Waals surface area contributed by atoms with E-state index in [-0.39, 0.29) is 11.7 Å². The second kappa shape index (κ2) is 6.85. The zero-order valence-corrected chi connectivity index (χ0v) is 16.2. The van der Waals surface area contributed by atoms with E-state index in [9.17, 15) is 9.90 Å². The lowest BCUT2D eigenvalue weighted by atomic mass is 9.76. The Kier molecular flexibility index (Phi) is 5.35. The maximum Gasteiger partial charge on any atom is 0.492 e. The molecular formula is C19H28BNO4. The minimum atomic E-state index is -0.538. The highest BCUT2D eigenvalue weighted by molar-refractivity contribution is 6.56.